The molecule has 14 heavy (non-hydrogen) atoms. The molecule has 0 rings (SSSR count). The molecule has 0 aliphatic carbocycles. The highest BCUT2D eigenvalue weighted by Crippen LogP contribution is 1.96. The summed E-state index contributed by atoms with van der Waals surface area (Å²) in [6.45, 7) is 7.61. The minimum Gasteiger partial charge on any atom is -0.343 e. The van der Waals surface area contributed by atoms with Crippen LogP contribution in [0.4, 0.5) is 0 Å². The molecule has 0 fully saturated rings. The summed E-state index contributed by atoms with van der Waals surface area (Å²) in [6.07, 6.45) is 9.50. The molecule has 80 valence electrons. The van der Waals surface area contributed by atoms with Crippen molar-refractivity contribution in [2.24, 2.45) is 0 Å². The third-order valence-corrected chi connectivity index (χ3v) is 2.08. The molecule has 0 bridgehead atoms. The van der Waals surface area contributed by atoms with Gasteiger partial charge in [0, 0.05) is 19.5 Å². The molecule has 0 aromatic carbocycles. The van der Waals surface area contributed by atoms with E-state index in [9.17, 15) is 4.79 Å². The van der Waals surface area contributed by atoms with Crippen LogP contribution in [0.15, 0.2) is 24.3 Å². The summed E-state index contributed by atoms with van der Waals surface area (Å²) in [5.41, 5.74) is 0. The molecule has 2 nitrogen and oxygen atoms in total. The Morgan fingerprint density at radius 2 is 1.79 bits per heavy atom. The summed E-state index contributed by atoms with van der Waals surface area (Å²) in [4.78, 5) is 13.3. The third kappa shape index (κ3) is 5.57. The smallest absolute Gasteiger partial charge is 0.226 e. The zero-order valence-electron chi connectivity index (χ0n) is 9.49. The van der Waals surface area contributed by atoms with Crippen LogP contribution in [0.25, 0.3) is 0 Å². The Labute approximate surface area is 87.3 Å². The molecule has 0 atom stereocenters. The van der Waals surface area contributed by atoms with Crippen molar-refractivity contribution >= 4 is 5.91 Å². The average molecular weight is 195 g/mol. The molecule has 0 aromatic heterocycles. The van der Waals surface area contributed by atoms with Crippen LogP contribution in [0.3, 0.4) is 0 Å². The molecular weight excluding hydrogens is 174 g/mol. The van der Waals surface area contributed by atoms with Gasteiger partial charge in [-0.05, 0) is 27.2 Å². The van der Waals surface area contributed by atoms with Crippen LogP contribution < -0.4 is 0 Å². The summed E-state index contributed by atoms with van der Waals surface area (Å²) in [6, 6.07) is 0. The quantitative estimate of drug-likeness (QED) is 0.597. The molecule has 2 heteroatoms. The SMILES string of the molecule is C/C=C/C/C=C/CC(=O)N(CC)CC. The molecule has 0 aromatic rings. The molecule has 0 saturated heterocycles. The van der Waals surface area contributed by atoms with Gasteiger partial charge in [0.2, 0.25) is 5.91 Å². The van der Waals surface area contributed by atoms with Gasteiger partial charge in [-0.15, -0.1) is 0 Å². The van der Waals surface area contributed by atoms with Crippen molar-refractivity contribution < 1.29 is 4.79 Å². The number of nitrogens with zero attached hydrogens (tertiary/aromatic N) is 1. The highest BCUT2D eigenvalue weighted by Gasteiger charge is 2.05. The van der Waals surface area contributed by atoms with Crippen LogP contribution in [-0.2, 0) is 4.79 Å². The topological polar surface area (TPSA) is 20.3 Å². The number of carbonyl (C=O) groups is 1. The molecule has 0 unspecified atom stereocenters. The van der Waals surface area contributed by atoms with E-state index in [1.54, 1.807) is 0 Å². The molecular formula is C12H21NO. The van der Waals surface area contributed by atoms with Gasteiger partial charge in [-0.1, -0.05) is 24.3 Å². The van der Waals surface area contributed by atoms with E-state index in [0.29, 0.717) is 6.42 Å². The maximum atomic E-state index is 11.5. The Morgan fingerprint density at radius 1 is 1.14 bits per heavy atom. The lowest BCUT2D eigenvalue weighted by Crippen LogP contribution is -2.29. The molecule has 0 heterocycles. The second kappa shape index (κ2) is 8.54. The second-order valence-corrected chi connectivity index (χ2v) is 3.05. The number of carbonyl (C=O) groups excluding carboxylic acids is 1. The zero-order chi connectivity index (χ0) is 10.8. The van der Waals surface area contributed by atoms with E-state index in [2.05, 4.69) is 6.08 Å². The Bertz CT molecular complexity index is 202. The van der Waals surface area contributed by atoms with E-state index < -0.39 is 0 Å². The van der Waals surface area contributed by atoms with Crippen molar-refractivity contribution in [1.82, 2.24) is 4.90 Å². The first kappa shape index (κ1) is 12.9. The highest BCUT2D eigenvalue weighted by atomic mass is 16.2. The first-order chi connectivity index (χ1) is 6.76. The van der Waals surface area contributed by atoms with Gasteiger partial charge in [-0.2, -0.15) is 0 Å². The van der Waals surface area contributed by atoms with Crippen LogP contribution >= 0.6 is 0 Å². The van der Waals surface area contributed by atoms with Crippen molar-refractivity contribution in [2.45, 2.75) is 33.6 Å². The summed E-state index contributed by atoms with van der Waals surface area (Å²) in [5.74, 6) is 0.215. The summed E-state index contributed by atoms with van der Waals surface area (Å²) in [5, 5.41) is 0. The predicted molar refractivity (Wildman–Crippen MR) is 61.1 cm³/mol. The molecule has 0 spiro atoms. The fraction of sp³-hybridized carbons (Fsp3) is 0.583. The standard InChI is InChI=1S/C12H21NO/c1-4-7-8-9-10-11-12(14)13(5-2)6-3/h4,7,9-10H,5-6,8,11H2,1-3H3/b7-4+,10-9+. The first-order valence-electron chi connectivity index (χ1n) is 5.30. The van der Waals surface area contributed by atoms with Crippen molar-refractivity contribution in [1.29, 1.82) is 0 Å². The Morgan fingerprint density at radius 3 is 2.29 bits per heavy atom. The first-order valence-corrected chi connectivity index (χ1v) is 5.30. The molecule has 0 radical (unpaired) electrons. The summed E-state index contributed by atoms with van der Waals surface area (Å²) < 4.78 is 0. The van der Waals surface area contributed by atoms with E-state index in [4.69, 9.17) is 0 Å². The van der Waals surface area contributed by atoms with Gasteiger partial charge in [-0.25, -0.2) is 0 Å². The number of rotatable bonds is 6. The second-order valence-electron chi connectivity index (χ2n) is 3.05. The lowest BCUT2D eigenvalue weighted by atomic mass is 10.3. The lowest BCUT2D eigenvalue weighted by Gasteiger charge is -2.17. The van der Waals surface area contributed by atoms with Gasteiger partial charge in [-0.3, -0.25) is 4.79 Å². The fourth-order valence-corrected chi connectivity index (χ4v) is 1.20. The van der Waals surface area contributed by atoms with Crippen LogP contribution in [-0.4, -0.2) is 23.9 Å². The van der Waals surface area contributed by atoms with E-state index in [1.165, 1.54) is 0 Å². The van der Waals surface area contributed by atoms with Gasteiger partial charge < -0.3 is 4.90 Å². The van der Waals surface area contributed by atoms with E-state index >= 15 is 0 Å². The summed E-state index contributed by atoms with van der Waals surface area (Å²) >= 11 is 0. The minimum absolute atomic E-state index is 0.215. The van der Waals surface area contributed by atoms with Gasteiger partial charge in [0.15, 0.2) is 0 Å². The lowest BCUT2D eigenvalue weighted by molar-refractivity contribution is -0.129. The number of amides is 1. The maximum absolute atomic E-state index is 11.5. The zero-order valence-corrected chi connectivity index (χ0v) is 9.49. The molecule has 1 amide bonds. The van der Waals surface area contributed by atoms with Gasteiger partial charge in [0.25, 0.3) is 0 Å². The fourth-order valence-electron chi connectivity index (χ4n) is 1.20. The maximum Gasteiger partial charge on any atom is 0.226 e. The number of hydrogen-bond acceptors (Lipinski definition) is 1. The monoisotopic (exact) mass is 195 g/mol. The van der Waals surface area contributed by atoms with E-state index in [-0.39, 0.29) is 5.91 Å². The largest absolute Gasteiger partial charge is 0.343 e. The van der Waals surface area contributed by atoms with Gasteiger partial charge in [0.1, 0.15) is 0 Å². The van der Waals surface area contributed by atoms with Crippen molar-refractivity contribution in [3.8, 4) is 0 Å². The Kier molecular flexibility index (Phi) is 7.90. The predicted octanol–water partition coefficient (Wildman–Crippen LogP) is 2.77. The van der Waals surface area contributed by atoms with Crippen molar-refractivity contribution in [3.05, 3.63) is 24.3 Å². The number of hydrogen-bond donors (Lipinski definition) is 0. The van der Waals surface area contributed by atoms with E-state index in [1.807, 2.05) is 43.9 Å². The minimum atomic E-state index is 0.215. The molecule has 0 aliphatic rings. The normalized spacial score (nSPS) is 11.4. The van der Waals surface area contributed by atoms with Crippen LogP contribution in [0.2, 0.25) is 0 Å². The highest BCUT2D eigenvalue weighted by molar-refractivity contribution is 5.77. The van der Waals surface area contributed by atoms with Crippen LogP contribution in [0.5, 0.6) is 0 Å². The molecule has 0 N–H and O–H groups in total. The number of allylic oxidation sites excluding steroid dienone is 3. The van der Waals surface area contributed by atoms with Crippen LogP contribution in [0.1, 0.15) is 33.6 Å². The van der Waals surface area contributed by atoms with Gasteiger partial charge >= 0.3 is 0 Å². The van der Waals surface area contributed by atoms with Gasteiger partial charge in [0.05, 0.1) is 0 Å². The molecule has 0 aliphatic heterocycles. The third-order valence-electron chi connectivity index (χ3n) is 2.08. The Hall–Kier alpha value is -1.05. The Balaban J connectivity index is 3.77. The van der Waals surface area contributed by atoms with Crippen molar-refractivity contribution in [3.63, 3.8) is 0 Å². The van der Waals surface area contributed by atoms with E-state index in [0.717, 1.165) is 19.5 Å². The average Bonchev–Trinajstić information content (AvgIpc) is 2.19. The molecule has 0 saturated carbocycles. The van der Waals surface area contributed by atoms with Crippen molar-refractivity contribution in [2.75, 3.05) is 13.1 Å². The van der Waals surface area contributed by atoms with Crippen LogP contribution in [0, 0.1) is 0 Å². The summed E-state index contributed by atoms with van der Waals surface area (Å²) in [7, 11) is 0.